The Morgan fingerprint density at radius 2 is 1.59 bits per heavy atom. The number of nitrogens with zero attached hydrogens (tertiary/aromatic N) is 1. The van der Waals surface area contributed by atoms with Crippen molar-refractivity contribution in [2.45, 2.75) is 96.8 Å². The van der Waals surface area contributed by atoms with Crippen LogP contribution in [0.2, 0.25) is 0 Å². The van der Waals surface area contributed by atoms with Gasteiger partial charge in [0.25, 0.3) is 5.95 Å². The fourth-order valence-electron chi connectivity index (χ4n) is 3.77. The SMILES string of the molecule is CCCCCCCCOc1ccc(-c2ccc(CC(F)CCC(O)CCC)cc2)nc1F. The highest BCUT2D eigenvalue weighted by molar-refractivity contribution is 5.60. The van der Waals surface area contributed by atoms with Gasteiger partial charge in [0.15, 0.2) is 5.75 Å². The number of rotatable bonds is 16. The van der Waals surface area contributed by atoms with Gasteiger partial charge in [-0.15, -0.1) is 0 Å². The summed E-state index contributed by atoms with van der Waals surface area (Å²) in [4.78, 5) is 4.05. The Bertz CT molecular complexity index is 767. The third kappa shape index (κ3) is 9.64. The van der Waals surface area contributed by atoms with Crippen molar-refractivity contribution in [3.63, 3.8) is 0 Å². The second-order valence-corrected chi connectivity index (χ2v) is 8.62. The van der Waals surface area contributed by atoms with Crippen molar-refractivity contribution in [3.8, 4) is 17.0 Å². The molecular formula is C27H39F2NO2. The predicted molar refractivity (Wildman–Crippen MR) is 127 cm³/mol. The molecule has 3 nitrogen and oxygen atoms in total. The molecule has 32 heavy (non-hydrogen) atoms. The average molecular weight is 448 g/mol. The maximum Gasteiger partial charge on any atom is 0.255 e. The largest absolute Gasteiger partial charge is 0.489 e. The third-order valence-corrected chi connectivity index (χ3v) is 5.71. The molecule has 0 fully saturated rings. The van der Waals surface area contributed by atoms with Gasteiger partial charge in [-0.2, -0.15) is 4.39 Å². The number of unbranched alkanes of at least 4 members (excludes halogenated alkanes) is 5. The summed E-state index contributed by atoms with van der Waals surface area (Å²) in [7, 11) is 0. The Morgan fingerprint density at radius 3 is 2.28 bits per heavy atom. The Kier molecular flexibility index (Phi) is 12.3. The number of aromatic nitrogens is 1. The summed E-state index contributed by atoms with van der Waals surface area (Å²) in [5.74, 6) is -0.420. The van der Waals surface area contributed by atoms with Crippen LogP contribution in [-0.4, -0.2) is 29.0 Å². The number of aliphatic hydroxyl groups is 1. The molecular weight excluding hydrogens is 408 g/mol. The maximum absolute atomic E-state index is 14.4. The van der Waals surface area contributed by atoms with E-state index in [9.17, 15) is 13.9 Å². The van der Waals surface area contributed by atoms with Crippen molar-refractivity contribution < 1.29 is 18.6 Å². The summed E-state index contributed by atoms with van der Waals surface area (Å²) >= 11 is 0. The first-order chi connectivity index (χ1) is 15.5. The molecule has 0 aliphatic rings. The van der Waals surface area contributed by atoms with Crippen LogP contribution in [0.3, 0.4) is 0 Å². The minimum Gasteiger partial charge on any atom is -0.489 e. The number of benzene rings is 1. The summed E-state index contributed by atoms with van der Waals surface area (Å²) in [5.41, 5.74) is 2.19. The van der Waals surface area contributed by atoms with Crippen LogP contribution >= 0.6 is 0 Å². The minimum absolute atomic E-state index is 0.185. The topological polar surface area (TPSA) is 42.4 Å². The van der Waals surface area contributed by atoms with Crippen molar-refractivity contribution in [2.75, 3.05) is 6.61 Å². The molecule has 1 aromatic heterocycles. The van der Waals surface area contributed by atoms with Gasteiger partial charge in [-0.25, -0.2) is 9.37 Å². The van der Waals surface area contributed by atoms with Gasteiger partial charge in [0.2, 0.25) is 0 Å². The van der Waals surface area contributed by atoms with Crippen LogP contribution in [0.1, 0.15) is 83.6 Å². The summed E-state index contributed by atoms with van der Waals surface area (Å²) in [5, 5.41) is 9.76. The second-order valence-electron chi connectivity index (χ2n) is 8.62. The van der Waals surface area contributed by atoms with Crippen LogP contribution in [0.5, 0.6) is 5.75 Å². The Hall–Kier alpha value is -2.01. The molecule has 2 rings (SSSR count). The van der Waals surface area contributed by atoms with Gasteiger partial charge in [0.1, 0.15) is 6.17 Å². The van der Waals surface area contributed by atoms with E-state index in [1.165, 1.54) is 25.7 Å². The Balaban J connectivity index is 1.81. The predicted octanol–water partition coefficient (Wildman–Crippen LogP) is 7.45. The lowest BCUT2D eigenvalue weighted by Crippen LogP contribution is -2.12. The average Bonchev–Trinajstić information content (AvgIpc) is 2.79. The van der Waals surface area contributed by atoms with E-state index in [-0.39, 0.29) is 5.75 Å². The molecule has 0 saturated heterocycles. The van der Waals surface area contributed by atoms with Crippen molar-refractivity contribution in [2.24, 2.45) is 0 Å². The van der Waals surface area contributed by atoms with E-state index >= 15 is 0 Å². The van der Waals surface area contributed by atoms with E-state index in [0.29, 0.717) is 38.0 Å². The van der Waals surface area contributed by atoms with Crippen molar-refractivity contribution >= 4 is 0 Å². The van der Waals surface area contributed by atoms with Gasteiger partial charge < -0.3 is 9.84 Å². The summed E-state index contributed by atoms with van der Waals surface area (Å²) in [6.45, 7) is 4.70. The molecule has 0 spiro atoms. The van der Waals surface area contributed by atoms with E-state index in [1.807, 2.05) is 31.2 Å². The van der Waals surface area contributed by atoms with Crippen LogP contribution in [0.4, 0.5) is 8.78 Å². The molecule has 1 heterocycles. The first-order valence-corrected chi connectivity index (χ1v) is 12.2. The Labute approximate surface area is 192 Å². The molecule has 178 valence electrons. The zero-order valence-corrected chi connectivity index (χ0v) is 19.7. The molecule has 0 aliphatic carbocycles. The second kappa shape index (κ2) is 14.9. The van der Waals surface area contributed by atoms with E-state index in [1.54, 1.807) is 12.1 Å². The lowest BCUT2D eigenvalue weighted by Gasteiger charge is -2.12. The first kappa shape index (κ1) is 26.2. The minimum atomic E-state index is -0.981. The van der Waals surface area contributed by atoms with Crippen LogP contribution in [0.25, 0.3) is 11.3 Å². The molecule has 0 amide bonds. The van der Waals surface area contributed by atoms with Crippen LogP contribution < -0.4 is 4.74 Å². The first-order valence-electron chi connectivity index (χ1n) is 12.2. The summed E-state index contributed by atoms with van der Waals surface area (Å²) in [6.07, 6.45) is 8.32. The highest BCUT2D eigenvalue weighted by Gasteiger charge is 2.12. The molecule has 0 radical (unpaired) electrons. The molecule has 1 N–H and O–H groups in total. The van der Waals surface area contributed by atoms with E-state index < -0.39 is 18.2 Å². The van der Waals surface area contributed by atoms with E-state index in [4.69, 9.17) is 4.74 Å². The monoisotopic (exact) mass is 447 g/mol. The fraction of sp³-hybridized carbons (Fsp3) is 0.593. The lowest BCUT2D eigenvalue weighted by atomic mass is 10.0. The van der Waals surface area contributed by atoms with Crippen molar-refractivity contribution in [1.82, 2.24) is 4.98 Å². The van der Waals surface area contributed by atoms with Crippen molar-refractivity contribution in [3.05, 3.63) is 47.9 Å². The number of aliphatic hydroxyl groups excluding tert-OH is 1. The molecule has 5 heteroatoms. The van der Waals surface area contributed by atoms with Gasteiger partial charge in [0, 0.05) is 12.0 Å². The van der Waals surface area contributed by atoms with Crippen LogP contribution in [0, 0.1) is 5.95 Å². The van der Waals surface area contributed by atoms with E-state index in [0.717, 1.165) is 30.4 Å². The smallest absolute Gasteiger partial charge is 0.255 e. The zero-order chi connectivity index (χ0) is 23.2. The quantitative estimate of drug-likeness (QED) is 0.215. The number of hydrogen-bond acceptors (Lipinski definition) is 3. The number of halogens is 2. The maximum atomic E-state index is 14.4. The summed E-state index contributed by atoms with van der Waals surface area (Å²) in [6, 6.07) is 10.8. The highest BCUT2D eigenvalue weighted by Crippen LogP contribution is 2.24. The molecule has 1 aromatic carbocycles. The number of ether oxygens (including phenoxy) is 1. The van der Waals surface area contributed by atoms with Gasteiger partial charge in [-0.1, -0.05) is 76.6 Å². The van der Waals surface area contributed by atoms with Crippen molar-refractivity contribution in [1.29, 1.82) is 0 Å². The van der Waals surface area contributed by atoms with Gasteiger partial charge in [0.05, 0.1) is 18.4 Å². The van der Waals surface area contributed by atoms with Gasteiger partial charge in [-0.05, 0) is 43.4 Å². The lowest BCUT2D eigenvalue weighted by molar-refractivity contribution is 0.137. The van der Waals surface area contributed by atoms with Crippen LogP contribution in [-0.2, 0) is 6.42 Å². The summed E-state index contributed by atoms with van der Waals surface area (Å²) < 4.78 is 34.1. The molecule has 2 unspecified atom stereocenters. The molecule has 0 bridgehead atoms. The zero-order valence-electron chi connectivity index (χ0n) is 19.7. The molecule has 2 atom stereocenters. The molecule has 0 aliphatic heterocycles. The number of hydrogen-bond donors (Lipinski definition) is 1. The standard InChI is InChI=1S/C27H39F2NO2/c1-3-5-6-7-8-9-19-32-26-18-17-25(30-27(26)29)22-13-11-21(12-14-22)20-23(28)15-16-24(31)10-4-2/h11-14,17-18,23-24,31H,3-10,15-16,19-20H2,1-2H3. The third-order valence-electron chi connectivity index (χ3n) is 5.71. The van der Waals surface area contributed by atoms with Gasteiger partial charge >= 0.3 is 0 Å². The van der Waals surface area contributed by atoms with Gasteiger partial charge in [-0.3, -0.25) is 0 Å². The fourth-order valence-corrected chi connectivity index (χ4v) is 3.77. The normalized spacial score (nSPS) is 13.2. The Morgan fingerprint density at radius 1 is 0.875 bits per heavy atom. The highest BCUT2D eigenvalue weighted by atomic mass is 19.1. The number of pyridine rings is 1. The van der Waals surface area contributed by atoms with Crippen LogP contribution in [0.15, 0.2) is 36.4 Å². The number of alkyl halides is 1. The molecule has 0 saturated carbocycles. The molecule has 2 aromatic rings. The van der Waals surface area contributed by atoms with E-state index in [2.05, 4.69) is 11.9 Å².